The molecule has 8 N–H and O–H groups in total. The Balaban J connectivity index is 1.16. The van der Waals surface area contributed by atoms with Gasteiger partial charge in [0.25, 0.3) is 5.56 Å². The van der Waals surface area contributed by atoms with E-state index >= 15 is 0 Å². The van der Waals surface area contributed by atoms with Crippen molar-refractivity contribution in [3.8, 4) is 0 Å². The lowest BCUT2D eigenvalue weighted by Gasteiger charge is -2.24. The number of aliphatic hydroxyl groups is 3. The molecule has 0 saturated carbocycles. The predicted molar refractivity (Wildman–Crippen MR) is 141 cm³/mol. The van der Waals surface area contributed by atoms with Gasteiger partial charge in [-0.2, -0.15) is 4.98 Å². The number of aromatic nitrogens is 8. The maximum atomic E-state index is 13.3. The van der Waals surface area contributed by atoms with Crippen LogP contribution in [0.4, 0.5) is 11.8 Å². The topological polar surface area (TPSA) is 274 Å². The molecular weight excluding hydrogens is 587 g/mol. The first-order valence-corrected chi connectivity index (χ1v) is 14.8. The third-order valence-corrected chi connectivity index (χ3v) is 8.38. The molecule has 8 atom stereocenters. The van der Waals surface area contributed by atoms with Crippen molar-refractivity contribution >= 4 is 53.1 Å². The summed E-state index contributed by atoms with van der Waals surface area (Å²) in [4.78, 5) is 34.8. The van der Waals surface area contributed by atoms with Crippen molar-refractivity contribution in [3.63, 3.8) is 0 Å². The first-order chi connectivity index (χ1) is 19.6. The van der Waals surface area contributed by atoms with Gasteiger partial charge < -0.3 is 36.3 Å². The van der Waals surface area contributed by atoms with Crippen molar-refractivity contribution < 1.29 is 38.4 Å². The zero-order valence-electron chi connectivity index (χ0n) is 20.9. The second kappa shape index (κ2) is 10.6. The number of hydrogen-bond donors (Lipinski definition) is 7. The molecule has 2 fully saturated rings. The number of hydrogen-bond acceptors (Lipinski definition) is 16. The average Bonchev–Trinajstić information content (AvgIpc) is 3.69. The number of nitrogens with two attached hydrogens (primary N) is 2. The molecule has 2 saturated heterocycles. The molecule has 0 amide bonds. The smallest absolute Gasteiger partial charge is 0.386 e. The maximum absolute atomic E-state index is 13.3. The molecule has 6 heterocycles. The molecule has 41 heavy (non-hydrogen) atoms. The van der Waals surface area contributed by atoms with Gasteiger partial charge in [-0.15, -0.1) is 0 Å². The zero-order valence-corrected chi connectivity index (χ0v) is 22.7. The van der Waals surface area contributed by atoms with Crippen LogP contribution in [0.3, 0.4) is 0 Å². The first-order valence-electron chi connectivity index (χ1n) is 12.1. The summed E-state index contributed by atoms with van der Waals surface area (Å²) in [6.07, 6.45) is -3.96. The average molecular weight is 613 g/mol. The fourth-order valence-electron chi connectivity index (χ4n) is 4.82. The van der Waals surface area contributed by atoms with Crippen molar-refractivity contribution in [3.05, 3.63) is 29.3 Å². The fraction of sp³-hybridized carbons (Fsp3) is 0.500. The summed E-state index contributed by atoms with van der Waals surface area (Å²) in [6.45, 7) is -5.03. The summed E-state index contributed by atoms with van der Waals surface area (Å²) in [5, 5.41) is 30.9. The second-order valence-corrected chi connectivity index (χ2v) is 12.3. The van der Waals surface area contributed by atoms with Crippen LogP contribution in [-0.2, 0) is 23.1 Å². The van der Waals surface area contributed by atoms with E-state index in [0.717, 1.165) is 0 Å². The molecule has 0 aliphatic carbocycles. The predicted octanol–water partition coefficient (Wildman–Crippen LogP) is -1.54. The molecule has 220 valence electrons. The number of nitrogen functional groups attached to an aromatic ring is 2. The summed E-state index contributed by atoms with van der Waals surface area (Å²) >= 11 is 4.06. The van der Waals surface area contributed by atoms with Crippen LogP contribution >= 0.6 is 19.0 Å². The van der Waals surface area contributed by atoms with Crippen LogP contribution in [0.1, 0.15) is 18.9 Å². The molecule has 2 aliphatic heterocycles. The summed E-state index contributed by atoms with van der Waals surface area (Å²) in [5.74, 6) is -0.0287. The number of thiol groups is 1. The van der Waals surface area contributed by atoms with Gasteiger partial charge in [0.2, 0.25) is 5.95 Å². The molecule has 4 aromatic heterocycles. The summed E-state index contributed by atoms with van der Waals surface area (Å²) < 4.78 is 38.7. The number of ether oxygens (including phenoxy) is 2. The van der Waals surface area contributed by atoms with Gasteiger partial charge in [0.1, 0.15) is 36.3 Å². The SMILES string of the molecule is Nc1nc2c(ncn2[C@@H]2O[C@H](CO)C[C@@H]2O[P@](=O)(S)OC[C@H]2O[C@@H](n3cnc4c(N)ncnc43)[C@@H](O)C2O)c(=O)[nH]1. The zero-order chi connectivity index (χ0) is 29.1. The van der Waals surface area contributed by atoms with Crippen LogP contribution in [-0.4, -0.2) is 98.1 Å². The van der Waals surface area contributed by atoms with Crippen molar-refractivity contribution in [1.82, 2.24) is 39.0 Å². The van der Waals surface area contributed by atoms with E-state index in [2.05, 4.69) is 42.2 Å². The number of rotatable bonds is 8. The van der Waals surface area contributed by atoms with E-state index < -0.39 is 61.9 Å². The lowest BCUT2D eigenvalue weighted by atomic mass is 10.1. The first kappa shape index (κ1) is 27.9. The summed E-state index contributed by atoms with van der Waals surface area (Å²) in [7, 11) is 0. The Kier molecular flexibility index (Phi) is 7.20. The number of nitrogens with one attached hydrogen (secondary N) is 1. The standard InChI is InChI=1S/C20H25N10O9PS/c21-14-10-15(24-4-23-14)29(5-25-10)19-13(33)12(32)9(38-19)3-36-40(35,41)39-8-1-7(2-31)37-18(8)30-6-26-11-16(30)27-20(22)28-17(11)34/h4-9,12-13,18-19,31-33H,1-3H2,(H,35,41)(H2,21,23,24)(H3,22,27,28,34)/t7-,8-,9+,12?,13-,18+,19+,40+/m0/s1. The number of H-pyrrole nitrogens is 1. The third kappa shape index (κ3) is 5.07. The summed E-state index contributed by atoms with van der Waals surface area (Å²) in [6, 6.07) is 0. The molecule has 2 aliphatic rings. The molecule has 1 unspecified atom stereocenters. The number of nitrogens with zero attached hydrogens (tertiary/aromatic N) is 7. The number of anilines is 2. The van der Waals surface area contributed by atoms with Crippen LogP contribution in [0, 0.1) is 0 Å². The van der Waals surface area contributed by atoms with E-state index in [-0.39, 0.29) is 47.1 Å². The van der Waals surface area contributed by atoms with E-state index in [1.54, 1.807) is 0 Å². The lowest BCUT2D eigenvalue weighted by Crippen LogP contribution is -2.33. The van der Waals surface area contributed by atoms with Gasteiger partial charge in [-0.1, -0.05) is 12.2 Å². The van der Waals surface area contributed by atoms with Gasteiger partial charge >= 0.3 is 6.80 Å². The minimum absolute atomic E-state index is 0.0143. The van der Waals surface area contributed by atoms with Gasteiger partial charge in [0.05, 0.1) is 32.0 Å². The van der Waals surface area contributed by atoms with E-state index in [1.807, 2.05) is 0 Å². The van der Waals surface area contributed by atoms with Crippen LogP contribution in [0.15, 0.2) is 23.8 Å². The third-order valence-electron chi connectivity index (χ3n) is 6.74. The van der Waals surface area contributed by atoms with Gasteiger partial charge in [-0.25, -0.2) is 24.5 Å². The number of fused-ring (bicyclic) bond motifs is 2. The molecular formula is C20H25N10O9PS. The Hall–Kier alpha value is -3.20. The molecule has 0 bridgehead atoms. The van der Waals surface area contributed by atoms with E-state index in [0.29, 0.717) is 0 Å². The number of aliphatic hydroxyl groups excluding tert-OH is 3. The minimum atomic E-state index is -4.16. The molecule has 4 aromatic rings. The van der Waals surface area contributed by atoms with Crippen molar-refractivity contribution in [2.24, 2.45) is 0 Å². The van der Waals surface area contributed by atoms with Gasteiger partial charge in [-0.05, 0) is 0 Å². The molecule has 21 heteroatoms. The highest BCUT2D eigenvalue weighted by Gasteiger charge is 2.46. The Bertz CT molecular complexity index is 1700. The molecule has 0 radical (unpaired) electrons. The minimum Gasteiger partial charge on any atom is -0.394 e. The van der Waals surface area contributed by atoms with Crippen LogP contribution in [0.25, 0.3) is 22.3 Å². The monoisotopic (exact) mass is 612 g/mol. The largest absolute Gasteiger partial charge is 0.394 e. The number of imidazole rings is 2. The maximum Gasteiger partial charge on any atom is 0.386 e. The fourth-order valence-corrected chi connectivity index (χ4v) is 6.32. The highest BCUT2D eigenvalue weighted by molar-refractivity contribution is 8.44. The Morgan fingerprint density at radius 3 is 2.56 bits per heavy atom. The lowest BCUT2D eigenvalue weighted by molar-refractivity contribution is -0.0550. The Morgan fingerprint density at radius 2 is 1.80 bits per heavy atom. The van der Waals surface area contributed by atoms with Crippen LogP contribution in [0.5, 0.6) is 0 Å². The van der Waals surface area contributed by atoms with E-state index in [9.17, 15) is 24.7 Å². The normalized spacial score (nSPS) is 29.9. The van der Waals surface area contributed by atoms with E-state index in [4.69, 9.17) is 30.0 Å². The van der Waals surface area contributed by atoms with Gasteiger partial charge in [-0.3, -0.25) is 28.0 Å². The quantitative estimate of drug-likeness (QED) is 0.0877. The van der Waals surface area contributed by atoms with Crippen molar-refractivity contribution in [2.75, 3.05) is 24.7 Å². The molecule has 0 aromatic carbocycles. The highest BCUT2D eigenvalue weighted by Crippen LogP contribution is 2.57. The summed E-state index contributed by atoms with van der Waals surface area (Å²) in [5.41, 5.74) is 11.5. The van der Waals surface area contributed by atoms with Gasteiger partial charge in [0.15, 0.2) is 35.1 Å². The van der Waals surface area contributed by atoms with Crippen LogP contribution < -0.4 is 17.0 Å². The Labute approximate surface area is 234 Å². The molecule has 6 rings (SSSR count). The molecule has 19 nitrogen and oxygen atoms in total. The molecule has 0 spiro atoms. The van der Waals surface area contributed by atoms with Crippen LogP contribution in [0.2, 0.25) is 0 Å². The second-order valence-electron chi connectivity index (χ2n) is 9.38. The Morgan fingerprint density at radius 1 is 1.07 bits per heavy atom. The van der Waals surface area contributed by atoms with Gasteiger partial charge in [0, 0.05) is 6.42 Å². The van der Waals surface area contributed by atoms with E-state index in [1.165, 1.54) is 28.1 Å². The van der Waals surface area contributed by atoms with Crippen molar-refractivity contribution in [1.29, 1.82) is 0 Å². The number of aromatic amines is 1. The highest BCUT2D eigenvalue weighted by atomic mass is 32.7. The van der Waals surface area contributed by atoms with Crippen molar-refractivity contribution in [2.45, 2.75) is 49.4 Å².